The van der Waals surface area contributed by atoms with Crippen molar-refractivity contribution >= 4 is 15.9 Å². The van der Waals surface area contributed by atoms with Gasteiger partial charge in [0, 0.05) is 4.47 Å². The summed E-state index contributed by atoms with van der Waals surface area (Å²) >= 11 is 3.31. The Labute approximate surface area is 122 Å². The molecule has 2 aromatic carbocycles. The third-order valence-corrected chi connectivity index (χ3v) is 2.90. The van der Waals surface area contributed by atoms with E-state index in [9.17, 15) is 13.2 Å². The second-order valence-electron chi connectivity index (χ2n) is 3.93. The van der Waals surface area contributed by atoms with Crippen molar-refractivity contribution in [3.05, 3.63) is 58.6 Å². The molecule has 2 aromatic rings. The summed E-state index contributed by atoms with van der Waals surface area (Å²) in [6.45, 7) is 0.272. The maximum atomic E-state index is 12.0. The molecule has 2 nitrogen and oxygen atoms in total. The Morgan fingerprint density at radius 3 is 1.95 bits per heavy atom. The van der Waals surface area contributed by atoms with Crippen LogP contribution in [0.1, 0.15) is 5.56 Å². The number of alkyl halides is 3. The molecular formula is C14H10BrF3O2. The highest BCUT2D eigenvalue weighted by molar-refractivity contribution is 9.10. The van der Waals surface area contributed by atoms with Crippen LogP contribution in [-0.2, 0) is 6.61 Å². The van der Waals surface area contributed by atoms with Gasteiger partial charge in [-0.2, -0.15) is 0 Å². The van der Waals surface area contributed by atoms with Gasteiger partial charge in [-0.25, -0.2) is 0 Å². The maximum absolute atomic E-state index is 12.0. The van der Waals surface area contributed by atoms with Crippen LogP contribution in [0, 0.1) is 0 Å². The van der Waals surface area contributed by atoms with Crippen molar-refractivity contribution in [2.75, 3.05) is 0 Å². The van der Waals surface area contributed by atoms with Gasteiger partial charge < -0.3 is 9.47 Å². The van der Waals surface area contributed by atoms with Crippen LogP contribution in [0.2, 0.25) is 0 Å². The summed E-state index contributed by atoms with van der Waals surface area (Å²) in [4.78, 5) is 0. The molecule has 0 fully saturated rings. The fraction of sp³-hybridized carbons (Fsp3) is 0.143. The topological polar surface area (TPSA) is 18.5 Å². The second-order valence-corrected chi connectivity index (χ2v) is 4.85. The summed E-state index contributed by atoms with van der Waals surface area (Å²) < 4.78 is 46.2. The van der Waals surface area contributed by atoms with E-state index in [1.807, 2.05) is 12.1 Å². The molecule has 0 atom stereocenters. The number of benzene rings is 2. The van der Waals surface area contributed by atoms with E-state index in [1.165, 1.54) is 24.3 Å². The summed E-state index contributed by atoms with van der Waals surface area (Å²) in [5, 5.41) is 0. The monoisotopic (exact) mass is 346 g/mol. The quantitative estimate of drug-likeness (QED) is 0.781. The van der Waals surface area contributed by atoms with E-state index in [1.54, 1.807) is 12.1 Å². The fourth-order valence-corrected chi connectivity index (χ4v) is 1.75. The van der Waals surface area contributed by atoms with Crippen LogP contribution in [-0.4, -0.2) is 6.36 Å². The first-order valence-electron chi connectivity index (χ1n) is 5.65. The SMILES string of the molecule is FC(F)(F)Oc1ccc(COc2ccc(Br)cc2)cc1. The van der Waals surface area contributed by atoms with Gasteiger partial charge in [0.1, 0.15) is 18.1 Å². The molecule has 0 spiro atoms. The highest BCUT2D eigenvalue weighted by atomic mass is 79.9. The lowest BCUT2D eigenvalue weighted by Crippen LogP contribution is -2.17. The molecule has 20 heavy (non-hydrogen) atoms. The standard InChI is InChI=1S/C14H10BrF3O2/c15-11-3-7-12(8-4-11)19-9-10-1-5-13(6-2-10)20-14(16,17)18/h1-8H,9H2. The first-order chi connectivity index (χ1) is 9.42. The van der Waals surface area contributed by atoms with Crippen molar-refractivity contribution in [2.24, 2.45) is 0 Å². The van der Waals surface area contributed by atoms with E-state index in [-0.39, 0.29) is 12.4 Å². The lowest BCUT2D eigenvalue weighted by Gasteiger charge is -2.10. The van der Waals surface area contributed by atoms with Gasteiger partial charge in [-0.3, -0.25) is 0 Å². The van der Waals surface area contributed by atoms with E-state index < -0.39 is 6.36 Å². The molecule has 106 valence electrons. The van der Waals surface area contributed by atoms with Crippen LogP contribution < -0.4 is 9.47 Å². The predicted octanol–water partition coefficient (Wildman–Crippen LogP) is 4.93. The Morgan fingerprint density at radius 2 is 1.40 bits per heavy atom. The summed E-state index contributed by atoms with van der Waals surface area (Å²) in [5.74, 6) is 0.439. The lowest BCUT2D eigenvalue weighted by molar-refractivity contribution is -0.274. The lowest BCUT2D eigenvalue weighted by atomic mass is 10.2. The van der Waals surface area contributed by atoms with Crippen molar-refractivity contribution in [3.8, 4) is 11.5 Å². The van der Waals surface area contributed by atoms with Crippen molar-refractivity contribution in [2.45, 2.75) is 13.0 Å². The molecule has 6 heteroatoms. The number of halogens is 4. The summed E-state index contributed by atoms with van der Waals surface area (Å²) in [7, 11) is 0. The third-order valence-electron chi connectivity index (χ3n) is 2.38. The number of hydrogen-bond acceptors (Lipinski definition) is 2. The van der Waals surface area contributed by atoms with Gasteiger partial charge in [0.15, 0.2) is 0 Å². The average molecular weight is 347 g/mol. The maximum Gasteiger partial charge on any atom is 0.573 e. The molecule has 2 rings (SSSR count). The molecule has 0 N–H and O–H groups in total. The molecule has 0 aromatic heterocycles. The zero-order valence-electron chi connectivity index (χ0n) is 10.2. The van der Waals surface area contributed by atoms with Crippen molar-refractivity contribution < 1.29 is 22.6 Å². The minimum absolute atomic E-state index is 0.245. The molecule has 0 aliphatic carbocycles. The summed E-state index contributed by atoms with van der Waals surface area (Å²) in [6, 6.07) is 12.9. The molecule has 0 bridgehead atoms. The highest BCUT2D eigenvalue weighted by Gasteiger charge is 2.30. The van der Waals surface area contributed by atoms with E-state index >= 15 is 0 Å². The van der Waals surface area contributed by atoms with Crippen molar-refractivity contribution in [1.82, 2.24) is 0 Å². The summed E-state index contributed by atoms with van der Waals surface area (Å²) in [5.41, 5.74) is 0.752. The van der Waals surface area contributed by atoms with Crippen LogP contribution in [0.4, 0.5) is 13.2 Å². The zero-order chi connectivity index (χ0) is 14.6. The van der Waals surface area contributed by atoms with Crippen LogP contribution in [0.5, 0.6) is 11.5 Å². The number of hydrogen-bond donors (Lipinski definition) is 0. The Bertz CT molecular complexity index is 550. The Morgan fingerprint density at radius 1 is 0.850 bits per heavy atom. The third kappa shape index (κ3) is 4.77. The Hall–Kier alpha value is -1.69. The van der Waals surface area contributed by atoms with Gasteiger partial charge in [-0.15, -0.1) is 13.2 Å². The van der Waals surface area contributed by atoms with Crippen LogP contribution in [0.15, 0.2) is 53.0 Å². The minimum Gasteiger partial charge on any atom is -0.489 e. The highest BCUT2D eigenvalue weighted by Crippen LogP contribution is 2.23. The molecule has 0 saturated heterocycles. The van der Waals surface area contributed by atoms with Gasteiger partial charge in [0.25, 0.3) is 0 Å². The van der Waals surface area contributed by atoms with Gasteiger partial charge in [-0.1, -0.05) is 28.1 Å². The Balaban J connectivity index is 1.92. The van der Waals surface area contributed by atoms with Gasteiger partial charge >= 0.3 is 6.36 Å². The normalized spacial score (nSPS) is 11.2. The zero-order valence-corrected chi connectivity index (χ0v) is 11.7. The van der Waals surface area contributed by atoms with Crippen LogP contribution >= 0.6 is 15.9 Å². The van der Waals surface area contributed by atoms with Gasteiger partial charge in [-0.05, 0) is 42.0 Å². The molecular weight excluding hydrogens is 337 g/mol. The summed E-state index contributed by atoms with van der Waals surface area (Å²) in [6.07, 6.45) is -4.67. The molecule has 0 amide bonds. The van der Waals surface area contributed by atoms with E-state index in [0.29, 0.717) is 5.75 Å². The van der Waals surface area contributed by atoms with Crippen LogP contribution in [0.25, 0.3) is 0 Å². The first kappa shape index (κ1) is 14.7. The van der Waals surface area contributed by atoms with Crippen LogP contribution in [0.3, 0.4) is 0 Å². The first-order valence-corrected chi connectivity index (χ1v) is 6.45. The van der Waals surface area contributed by atoms with E-state index in [2.05, 4.69) is 20.7 Å². The van der Waals surface area contributed by atoms with E-state index in [0.717, 1.165) is 10.0 Å². The van der Waals surface area contributed by atoms with E-state index in [4.69, 9.17) is 4.74 Å². The number of ether oxygens (including phenoxy) is 2. The molecule has 0 radical (unpaired) electrons. The molecule has 0 unspecified atom stereocenters. The van der Waals surface area contributed by atoms with Gasteiger partial charge in [0.2, 0.25) is 0 Å². The molecule has 0 heterocycles. The Kier molecular flexibility index (Phi) is 4.54. The fourth-order valence-electron chi connectivity index (χ4n) is 1.48. The number of rotatable bonds is 4. The minimum atomic E-state index is -4.67. The second kappa shape index (κ2) is 6.17. The predicted molar refractivity (Wildman–Crippen MR) is 71.6 cm³/mol. The molecule has 0 aliphatic rings. The average Bonchev–Trinajstić information content (AvgIpc) is 2.38. The largest absolute Gasteiger partial charge is 0.573 e. The van der Waals surface area contributed by atoms with Gasteiger partial charge in [0.05, 0.1) is 0 Å². The smallest absolute Gasteiger partial charge is 0.489 e. The van der Waals surface area contributed by atoms with Crippen molar-refractivity contribution in [3.63, 3.8) is 0 Å². The molecule has 0 aliphatic heterocycles. The van der Waals surface area contributed by atoms with Crippen molar-refractivity contribution in [1.29, 1.82) is 0 Å². The molecule has 0 saturated carbocycles.